The van der Waals surface area contributed by atoms with Crippen molar-refractivity contribution in [1.82, 2.24) is 5.32 Å². The minimum atomic E-state index is -0.297. The summed E-state index contributed by atoms with van der Waals surface area (Å²) in [5.41, 5.74) is 2.88. The lowest BCUT2D eigenvalue weighted by molar-refractivity contribution is 0.0601. The first-order valence-corrected chi connectivity index (χ1v) is 11.3. The third-order valence-corrected chi connectivity index (χ3v) is 6.50. The number of methoxy groups -OCH3 is 1. The van der Waals surface area contributed by atoms with Gasteiger partial charge in [0.15, 0.2) is 5.11 Å². The van der Waals surface area contributed by atoms with Crippen molar-refractivity contribution in [3.8, 4) is 5.75 Å². The fourth-order valence-corrected chi connectivity index (χ4v) is 5.21. The van der Waals surface area contributed by atoms with E-state index in [1.54, 1.807) is 11.3 Å². The number of rotatable bonds is 6. The number of anilines is 1. The van der Waals surface area contributed by atoms with Crippen LogP contribution in [0.4, 0.5) is 5.00 Å². The van der Waals surface area contributed by atoms with Gasteiger partial charge in [-0.25, -0.2) is 4.79 Å². The zero-order chi connectivity index (χ0) is 20.8. The van der Waals surface area contributed by atoms with Gasteiger partial charge in [-0.15, -0.1) is 11.3 Å². The van der Waals surface area contributed by atoms with E-state index in [2.05, 4.69) is 17.6 Å². The molecular formula is C22H28N2O3S2. The van der Waals surface area contributed by atoms with Gasteiger partial charge in [0.05, 0.1) is 25.3 Å². The van der Waals surface area contributed by atoms with E-state index in [0.29, 0.717) is 17.3 Å². The van der Waals surface area contributed by atoms with Gasteiger partial charge < -0.3 is 20.1 Å². The number of aryl methyl sites for hydroxylation is 1. The van der Waals surface area contributed by atoms with Gasteiger partial charge >= 0.3 is 5.97 Å². The van der Waals surface area contributed by atoms with Crippen molar-refractivity contribution in [3.05, 3.63) is 45.8 Å². The summed E-state index contributed by atoms with van der Waals surface area (Å²) in [6.45, 7) is 4.66. The molecule has 0 saturated carbocycles. The van der Waals surface area contributed by atoms with Crippen LogP contribution in [0.3, 0.4) is 0 Å². The topological polar surface area (TPSA) is 59.6 Å². The van der Waals surface area contributed by atoms with Crippen molar-refractivity contribution < 1.29 is 14.3 Å². The number of thiophene rings is 1. The number of carbonyl (C=O) groups excluding carboxylic acids is 1. The highest BCUT2D eigenvalue weighted by molar-refractivity contribution is 7.80. The molecule has 2 N–H and O–H groups in total. The molecule has 29 heavy (non-hydrogen) atoms. The van der Waals surface area contributed by atoms with Crippen LogP contribution in [-0.2, 0) is 17.6 Å². The van der Waals surface area contributed by atoms with Crippen LogP contribution in [0.15, 0.2) is 24.3 Å². The molecule has 0 bridgehead atoms. The van der Waals surface area contributed by atoms with Gasteiger partial charge in [0, 0.05) is 4.88 Å². The van der Waals surface area contributed by atoms with E-state index in [4.69, 9.17) is 21.7 Å². The Hall–Kier alpha value is -2.12. The number of esters is 1. The van der Waals surface area contributed by atoms with Gasteiger partial charge in [0.25, 0.3) is 0 Å². The summed E-state index contributed by atoms with van der Waals surface area (Å²) in [4.78, 5) is 13.7. The second-order valence-electron chi connectivity index (χ2n) is 7.08. The van der Waals surface area contributed by atoms with Crippen molar-refractivity contribution in [1.29, 1.82) is 0 Å². The third-order valence-electron chi connectivity index (χ3n) is 5.08. The minimum Gasteiger partial charge on any atom is -0.494 e. The normalized spacial score (nSPS) is 14.3. The molecular weight excluding hydrogens is 404 g/mol. The number of fused-ring (bicyclic) bond motifs is 1. The molecule has 0 radical (unpaired) electrons. The number of hydrogen-bond donors (Lipinski definition) is 2. The minimum absolute atomic E-state index is 0.0186. The molecule has 0 amide bonds. The molecule has 0 spiro atoms. The van der Waals surface area contributed by atoms with Crippen molar-refractivity contribution in [2.75, 3.05) is 19.0 Å². The molecule has 156 valence electrons. The highest BCUT2D eigenvalue weighted by Crippen LogP contribution is 2.38. The van der Waals surface area contributed by atoms with Crippen LogP contribution in [0, 0.1) is 0 Å². The first-order chi connectivity index (χ1) is 14.0. The lowest BCUT2D eigenvalue weighted by Gasteiger charge is -2.18. The van der Waals surface area contributed by atoms with Gasteiger partial charge in [-0.05, 0) is 75.0 Å². The smallest absolute Gasteiger partial charge is 0.341 e. The summed E-state index contributed by atoms with van der Waals surface area (Å²) in [7, 11) is 1.43. The molecule has 2 aromatic rings. The van der Waals surface area contributed by atoms with Crippen LogP contribution in [0.5, 0.6) is 5.75 Å². The van der Waals surface area contributed by atoms with E-state index in [1.165, 1.54) is 18.4 Å². The van der Waals surface area contributed by atoms with Gasteiger partial charge in [0.1, 0.15) is 10.8 Å². The van der Waals surface area contributed by atoms with Gasteiger partial charge in [-0.3, -0.25) is 0 Å². The molecule has 1 aliphatic carbocycles. The Kier molecular flexibility index (Phi) is 7.50. The summed E-state index contributed by atoms with van der Waals surface area (Å²) < 4.78 is 10.6. The average molecular weight is 433 g/mol. The molecule has 1 aromatic carbocycles. The Bertz CT molecular complexity index is 862. The lowest BCUT2D eigenvalue weighted by atomic mass is 10.1. The number of ether oxygens (including phenoxy) is 2. The molecule has 0 aliphatic heterocycles. The van der Waals surface area contributed by atoms with Crippen LogP contribution in [-0.4, -0.2) is 24.8 Å². The molecule has 0 fully saturated rings. The standard InChI is InChI=1S/C22H28N2O3S2/c1-4-27-16-12-10-15(11-13-16)14(2)23-22(28)24-20-19(21(25)26-3)17-8-6-5-7-9-18(17)29-20/h10-14H,4-9H2,1-3H3,(H2,23,24,28). The van der Waals surface area contributed by atoms with Crippen LogP contribution < -0.4 is 15.4 Å². The summed E-state index contributed by atoms with van der Waals surface area (Å²) in [6, 6.07) is 7.99. The van der Waals surface area contributed by atoms with E-state index in [-0.39, 0.29) is 12.0 Å². The van der Waals surface area contributed by atoms with Gasteiger partial charge in [0.2, 0.25) is 0 Å². The number of carbonyl (C=O) groups is 1. The number of hydrogen-bond acceptors (Lipinski definition) is 5. The first kappa shape index (κ1) is 21.6. The van der Waals surface area contributed by atoms with Crippen molar-refractivity contribution in [2.45, 2.75) is 52.0 Å². The Labute approximate surface area is 181 Å². The maximum absolute atomic E-state index is 12.5. The molecule has 7 heteroatoms. The predicted molar refractivity (Wildman–Crippen MR) is 122 cm³/mol. The Balaban J connectivity index is 1.72. The van der Waals surface area contributed by atoms with Crippen LogP contribution >= 0.6 is 23.6 Å². The van der Waals surface area contributed by atoms with Gasteiger partial charge in [-0.1, -0.05) is 18.6 Å². The van der Waals surface area contributed by atoms with E-state index < -0.39 is 0 Å². The zero-order valence-corrected chi connectivity index (χ0v) is 18.8. The number of nitrogens with one attached hydrogen (secondary N) is 2. The van der Waals surface area contributed by atoms with Crippen molar-refractivity contribution >= 4 is 39.6 Å². The molecule has 0 saturated heterocycles. The quantitative estimate of drug-likeness (QED) is 0.369. The monoisotopic (exact) mass is 432 g/mol. The van der Waals surface area contributed by atoms with E-state index in [9.17, 15) is 4.79 Å². The Morgan fingerprint density at radius 2 is 1.93 bits per heavy atom. The molecule has 1 aliphatic rings. The van der Waals surface area contributed by atoms with Crippen molar-refractivity contribution in [3.63, 3.8) is 0 Å². The number of thiocarbonyl (C=S) groups is 1. The van der Waals surface area contributed by atoms with Crippen molar-refractivity contribution in [2.24, 2.45) is 0 Å². The van der Waals surface area contributed by atoms with Crippen LogP contribution in [0.25, 0.3) is 0 Å². The fourth-order valence-electron chi connectivity index (χ4n) is 3.59. The molecule has 1 atom stereocenters. The molecule has 5 nitrogen and oxygen atoms in total. The molecule has 3 rings (SSSR count). The highest BCUT2D eigenvalue weighted by Gasteiger charge is 2.26. The lowest BCUT2D eigenvalue weighted by Crippen LogP contribution is -2.31. The maximum atomic E-state index is 12.5. The predicted octanol–water partition coefficient (Wildman–Crippen LogP) is 5.25. The SMILES string of the molecule is CCOc1ccc(C(C)NC(=S)Nc2sc3c(c2C(=O)OC)CCCCC3)cc1. The summed E-state index contributed by atoms with van der Waals surface area (Å²) in [5, 5.41) is 7.83. The zero-order valence-electron chi connectivity index (χ0n) is 17.2. The first-order valence-electron chi connectivity index (χ1n) is 10.1. The Morgan fingerprint density at radius 1 is 1.21 bits per heavy atom. The highest BCUT2D eigenvalue weighted by atomic mass is 32.1. The second-order valence-corrected chi connectivity index (χ2v) is 8.60. The van der Waals surface area contributed by atoms with E-state index >= 15 is 0 Å². The molecule has 1 heterocycles. The van der Waals surface area contributed by atoms with Gasteiger partial charge in [-0.2, -0.15) is 0 Å². The average Bonchev–Trinajstić information content (AvgIpc) is 2.88. The second kappa shape index (κ2) is 10.1. The molecule has 1 unspecified atom stereocenters. The summed E-state index contributed by atoms with van der Waals surface area (Å²) in [5.74, 6) is 0.557. The van der Waals surface area contributed by atoms with Crippen LogP contribution in [0.1, 0.15) is 65.5 Å². The van der Waals surface area contributed by atoms with E-state index in [0.717, 1.165) is 47.6 Å². The summed E-state index contributed by atoms with van der Waals surface area (Å²) in [6.07, 6.45) is 5.38. The van der Waals surface area contributed by atoms with Crippen LogP contribution in [0.2, 0.25) is 0 Å². The maximum Gasteiger partial charge on any atom is 0.341 e. The Morgan fingerprint density at radius 3 is 2.62 bits per heavy atom. The third kappa shape index (κ3) is 5.28. The molecule has 1 aromatic heterocycles. The fraction of sp³-hybridized carbons (Fsp3) is 0.455. The summed E-state index contributed by atoms with van der Waals surface area (Å²) >= 11 is 7.16. The largest absolute Gasteiger partial charge is 0.494 e. The van der Waals surface area contributed by atoms with E-state index in [1.807, 2.05) is 31.2 Å². The number of benzene rings is 1.